The van der Waals surface area contributed by atoms with Crippen molar-refractivity contribution >= 4 is 16.0 Å². The van der Waals surface area contributed by atoms with Crippen LogP contribution in [-0.4, -0.2) is 53.4 Å². The van der Waals surface area contributed by atoms with Crippen molar-refractivity contribution in [1.29, 1.82) is 0 Å². The lowest BCUT2D eigenvalue weighted by molar-refractivity contribution is 0.0691. The van der Waals surface area contributed by atoms with Crippen LogP contribution in [0.4, 0.5) is 0 Å². The summed E-state index contributed by atoms with van der Waals surface area (Å²) in [6.07, 6.45) is 1.20. The Kier molecular flexibility index (Phi) is 4.69. The third-order valence-electron chi connectivity index (χ3n) is 2.83. The second-order valence-electron chi connectivity index (χ2n) is 4.11. The minimum atomic E-state index is -4.03. The van der Waals surface area contributed by atoms with Gasteiger partial charge < -0.3 is 20.3 Å². The van der Waals surface area contributed by atoms with Gasteiger partial charge in [-0.25, -0.2) is 17.9 Å². The Hall–Kier alpha value is -1.42. The summed E-state index contributed by atoms with van der Waals surface area (Å²) < 4.78 is 26.2. The van der Waals surface area contributed by atoms with E-state index in [2.05, 4.69) is 9.71 Å². The molecule has 0 aliphatic carbocycles. The van der Waals surface area contributed by atoms with Crippen molar-refractivity contribution in [3.05, 3.63) is 18.0 Å². The molecule has 0 aromatic carbocycles. The van der Waals surface area contributed by atoms with E-state index in [0.717, 1.165) is 12.3 Å². The van der Waals surface area contributed by atoms with Crippen molar-refractivity contribution in [2.75, 3.05) is 13.2 Å². The van der Waals surface area contributed by atoms with Gasteiger partial charge in [0.1, 0.15) is 10.6 Å². The summed E-state index contributed by atoms with van der Waals surface area (Å²) in [6.45, 7) is 0.458. The van der Waals surface area contributed by atoms with Crippen molar-refractivity contribution in [1.82, 2.24) is 9.71 Å². The predicted octanol–water partition coefficient (Wildman–Crippen LogP) is -0.875. The van der Waals surface area contributed by atoms with Gasteiger partial charge in [-0.3, -0.25) is 0 Å². The number of aromatic amines is 1. The van der Waals surface area contributed by atoms with E-state index in [-0.39, 0.29) is 17.0 Å². The fourth-order valence-corrected chi connectivity index (χ4v) is 2.86. The number of carbonyl (C=O) groups is 1. The number of carboxylic acid groups (broad SMARTS) is 1. The molecule has 0 aliphatic rings. The Morgan fingerprint density at radius 1 is 1.42 bits per heavy atom. The van der Waals surface area contributed by atoms with Crippen LogP contribution in [0.5, 0.6) is 0 Å². The normalized spacial score (nSPS) is 12.6. The molecule has 1 aromatic rings. The molecule has 0 atom stereocenters. The minimum Gasteiger partial charge on any atom is -0.477 e. The highest BCUT2D eigenvalue weighted by Gasteiger charge is 2.33. The third kappa shape index (κ3) is 3.32. The van der Waals surface area contributed by atoms with Crippen LogP contribution in [0.1, 0.15) is 23.8 Å². The van der Waals surface area contributed by atoms with Gasteiger partial charge in [-0.2, -0.15) is 0 Å². The molecule has 1 rings (SSSR count). The number of aliphatic hydroxyl groups is 2. The summed E-state index contributed by atoms with van der Waals surface area (Å²) in [6, 6.07) is 0.958. The van der Waals surface area contributed by atoms with Crippen LogP contribution in [0.3, 0.4) is 0 Å². The molecule has 0 bridgehead atoms. The van der Waals surface area contributed by atoms with Crippen LogP contribution in [-0.2, 0) is 10.0 Å². The summed E-state index contributed by atoms with van der Waals surface area (Å²) in [4.78, 5) is 12.7. The van der Waals surface area contributed by atoms with Gasteiger partial charge in [0.05, 0.1) is 18.8 Å². The number of aromatic carboxylic acids is 1. The number of H-pyrrole nitrogens is 1. The maximum absolute atomic E-state index is 12.0. The van der Waals surface area contributed by atoms with Gasteiger partial charge in [0.25, 0.3) is 0 Å². The summed E-state index contributed by atoms with van der Waals surface area (Å²) in [5, 5.41) is 27.1. The average Bonchev–Trinajstić information content (AvgIpc) is 2.86. The second-order valence-corrected chi connectivity index (χ2v) is 5.79. The molecular formula is C10H16N2O6S. The van der Waals surface area contributed by atoms with Gasteiger partial charge in [0.2, 0.25) is 10.0 Å². The first kappa shape index (κ1) is 15.6. The van der Waals surface area contributed by atoms with Crippen molar-refractivity contribution < 1.29 is 28.5 Å². The lowest BCUT2D eigenvalue weighted by Gasteiger charge is -2.28. The Morgan fingerprint density at radius 2 is 2.00 bits per heavy atom. The summed E-state index contributed by atoms with van der Waals surface area (Å²) in [5.74, 6) is -1.28. The molecule has 0 saturated heterocycles. The van der Waals surface area contributed by atoms with E-state index in [1.165, 1.54) is 0 Å². The molecule has 0 saturated carbocycles. The zero-order valence-electron chi connectivity index (χ0n) is 10.3. The second kappa shape index (κ2) is 5.70. The fraction of sp³-hybridized carbons (Fsp3) is 0.500. The van der Waals surface area contributed by atoms with Crippen LogP contribution in [0.25, 0.3) is 0 Å². The van der Waals surface area contributed by atoms with Crippen LogP contribution in [0.2, 0.25) is 0 Å². The lowest BCUT2D eigenvalue weighted by Crippen LogP contribution is -2.53. The van der Waals surface area contributed by atoms with Crippen LogP contribution in [0, 0.1) is 0 Å². The summed E-state index contributed by atoms with van der Waals surface area (Å²) >= 11 is 0. The number of hydrogen-bond acceptors (Lipinski definition) is 5. The third-order valence-corrected chi connectivity index (χ3v) is 4.39. The highest BCUT2D eigenvalue weighted by atomic mass is 32.2. The van der Waals surface area contributed by atoms with Crippen molar-refractivity contribution in [3.63, 3.8) is 0 Å². The highest BCUT2D eigenvalue weighted by molar-refractivity contribution is 7.89. The van der Waals surface area contributed by atoms with Gasteiger partial charge in [0.15, 0.2) is 0 Å². The lowest BCUT2D eigenvalue weighted by atomic mass is 10.0. The van der Waals surface area contributed by atoms with Gasteiger partial charge in [-0.1, -0.05) is 6.92 Å². The molecule has 1 aromatic heterocycles. The molecule has 0 fully saturated rings. The van der Waals surface area contributed by atoms with Gasteiger partial charge in [0, 0.05) is 6.20 Å². The first-order valence-corrected chi connectivity index (χ1v) is 6.96. The molecule has 0 unspecified atom stereocenters. The van der Waals surface area contributed by atoms with E-state index < -0.39 is 34.7 Å². The van der Waals surface area contributed by atoms with Crippen molar-refractivity contribution in [2.45, 2.75) is 23.8 Å². The van der Waals surface area contributed by atoms with Crippen LogP contribution >= 0.6 is 0 Å². The number of nitrogens with one attached hydrogen (secondary N) is 2. The topological polar surface area (TPSA) is 140 Å². The maximum Gasteiger partial charge on any atom is 0.352 e. The standard InChI is InChI=1S/C10H16N2O6S/c1-2-10(5-13,6-14)12-19(17,18)7-3-8(9(15)16)11-4-7/h3-4,11-14H,2,5-6H2,1H3,(H,15,16). The molecule has 1 heterocycles. The van der Waals surface area contributed by atoms with Gasteiger partial charge in [-0.15, -0.1) is 0 Å². The molecule has 5 N–H and O–H groups in total. The molecule has 0 spiro atoms. The largest absolute Gasteiger partial charge is 0.477 e. The number of hydrogen-bond donors (Lipinski definition) is 5. The Morgan fingerprint density at radius 3 is 2.37 bits per heavy atom. The van der Waals surface area contributed by atoms with E-state index >= 15 is 0 Å². The van der Waals surface area contributed by atoms with Crippen LogP contribution in [0.15, 0.2) is 17.2 Å². The fourth-order valence-electron chi connectivity index (χ4n) is 1.41. The van der Waals surface area contributed by atoms with Gasteiger partial charge >= 0.3 is 5.97 Å². The van der Waals surface area contributed by atoms with E-state index in [9.17, 15) is 23.4 Å². The molecule has 0 amide bonds. The molecule has 0 aliphatic heterocycles. The smallest absolute Gasteiger partial charge is 0.352 e. The molecule has 0 radical (unpaired) electrons. The Labute approximate surface area is 110 Å². The Bertz CT molecular complexity index is 538. The van der Waals surface area contributed by atoms with E-state index in [1.807, 2.05) is 0 Å². The highest BCUT2D eigenvalue weighted by Crippen LogP contribution is 2.16. The zero-order valence-corrected chi connectivity index (χ0v) is 11.1. The minimum absolute atomic E-state index is 0.176. The molecule has 9 heteroatoms. The molecule has 8 nitrogen and oxygen atoms in total. The number of sulfonamides is 1. The average molecular weight is 292 g/mol. The zero-order chi connectivity index (χ0) is 14.7. The van der Waals surface area contributed by atoms with Crippen LogP contribution < -0.4 is 4.72 Å². The number of aromatic nitrogens is 1. The number of rotatable bonds is 7. The predicted molar refractivity (Wildman–Crippen MR) is 65.3 cm³/mol. The quantitative estimate of drug-likeness (QED) is 0.442. The number of aliphatic hydroxyl groups excluding tert-OH is 2. The van der Waals surface area contributed by atoms with Gasteiger partial charge in [-0.05, 0) is 12.5 Å². The molecule has 19 heavy (non-hydrogen) atoms. The summed E-state index contributed by atoms with van der Waals surface area (Å²) in [5.41, 5.74) is -1.64. The summed E-state index contributed by atoms with van der Waals surface area (Å²) in [7, 11) is -4.03. The Balaban J connectivity index is 3.06. The van der Waals surface area contributed by atoms with E-state index in [0.29, 0.717) is 0 Å². The SMILES string of the molecule is CCC(CO)(CO)NS(=O)(=O)c1c[nH]c(C(=O)O)c1. The van der Waals surface area contributed by atoms with E-state index in [1.54, 1.807) is 6.92 Å². The number of carboxylic acids is 1. The first-order chi connectivity index (χ1) is 8.80. The maximum atomic E-state index is 12.0. The van der Waals surface area contributed by atoms with Crippen molar-refractivity contribution in [2.24, 2.45) is 0 Å². The molecule has 108 valence electrons. The first-order valence-electron chi connectivity index (χ1n) is 5.47. The van der Waals surface area contributed by atoms with Crippen molar-refractivity contribution in [3.8, 4) is 0 Å². The van der Waals surface area contributed by atoms with E-state index in [4.69, 9.17) is 5.11 Å². The molecular weight excluding hydrogens is 276 g/mol. The monoisotopic (exact) mass is 292 g/mol.